The van der Waals surface area contributed by atoms with Crippen LogP contribution in [0.15, 0.2) is 42.7 Å². The van der Waals surface area contributed by atoms with Crippen molar-refractivity contribution in [2.24, 2.45) is 0 Å². The number of halogens is 1. The number of imide groups is 1. The third-order valence-electron chi connectivity index (χ3n) is 3.85. The molecule has 0 spiro atoms. The Bertz CT molecular complexity index is 948. The average Bonchev–Trinajstić information content (AvgIpc) is 2.86. The van der Waals surface area contributed by atoms with Crippen LogP contribution >= 0.6 is 0 Å². The SMILES string of the molecule is CC1NC(=O)N(c2cc[n+](-c3ccc([N+](=O)[O-])cc3[N+](=O)[O-])cc2)C1=O.[Cl-]. The number of amides is 3. The molecule has 3 amide bonds. The number of nitrogens with one attached hydrogen (secondary N) is 1. The van der Waals surface area contributed by atoms with E-state index in [1.54, 1.807) is 6.92 Å². The Morgan fingerprint density at radius 2 is 1.70 bits per heavy atom. The first-order chi connectivity index (χ1) is 12.3. The maximum absolute atomic E-state index is 12.0. The number of nitrogens with zero attached hydrogens (tertiary/aromatic N) is 4. The highest BCUT2D eigenvalue weighted by Gasteiger charge is 2.36. The van der Waals surface area contributed by atoms with Gasteiger partial charge in [0.1, 0.15) is 12.1 Å². The molecule has 2 heterocycles. The number of aromatic nitrogens is 1. The number of rotatable bonds is 4. The van der Waals surface area contributed by atoms with Crippen molar-refractivity contribution in [3.63, 3.8) is 0 Å². The van der Waals surface area contributed by atoms with Crippen molar-refractivity contribution >= 4 is 29.0 Å². The summed E-state index contributed by atoms with van der Waals surface area (Å²) in [6.45, 7) is 1.56. The second kappa shape index (κ2) is 7.33. The van der Waals surface area contributed by atoms with Crippen LogP contribution in [0.2, 0.25) is 0 Å². The van der Waals surface area contributed by atoms with Gasteiger partial charge in [-0.1, -0.05) is 0 Å². The minimum Gasteiger partial charge on any atom is -1.00 e. The molecule has 0 aliphatic carbocycles. The molecule has 1 aliphatic heterocycles. The first-order valence-electron chi connectivity index (χ1n) is 7.38. The minimum atomic E-state index is -0.720. The maximum atomic E-state index is 12.0. The standard InChI is InChI=1S/C15H11N5O6.ClH/c1-9-14(21)18(15(22)16-9)10-4-6-17(7-5-10)12-3-2-11(19(23)24)8-13(12)20(25)26;/h2-9H,1H3;1H. The Hall–Kier alpha value is -3.60. The van der Waals surface area contributed by atoms with E-state index in [0.717, 1.165) is 17.0 Å². The van der Waals surface area contributed by atoms with E-state index < -0.39 is 39.2 Å². The summed E-state index contributed by atoms with van der Waals surface area (Å²) in [7, 11) is 0. The van der Waals surface area contributed by atoms with Crippen LogP contribution in [0.5, 0.6) is 0 Å². The lowest BCUT2D eigenvalue weighted by molar-refractivity contribution is -0.600. The highest BCUT2D eigenvalue weighted by molar-refractivity contribution is 6.21. The summed E-state index contributed by atoms with van der Waals surface area (Å²) >= 11 is 0. The number of carbonyl (C=O) groups excluding carboxylic acids is 2. The molecule has 140 valence electrons. The number of pyridine rings is 1. The number of nitro groups is 2. The van der Waals surface area contributed by atoms with E-state index in [-0.39, 0.29) is 18.1 Å². The zero-order valence-electron chi connectivity index (χ0n) is 13.7. The van der Waals surface area contributed by atoms with Crippen LogP contribution in [-0.4, -0.2) is 27.8 Å². The summed E-state index contributed by atoms with van der Waals surface area (Å²) in [6.07, 6.45) is 2.85. The van der Waals surface area contributed by atoms with Gasteiger partial charge in [0.15, 0.2) is 12.4 Å². The molecule has 1 unspecified atom stereocenters. The summed E-state index contributed by atoms with van der Waals surface area (Å²) in [4.78, 5) is 45.4. The van der Waals surface area contributed by atoms with Gasteiger partial charge in [-0.05, 0) is 6.92 Å². The third-order valence-corrected chi connectivity index (χ3v) is 3.85. The van der Waals surface area contributed by atoms with E-state index in [1.165, 1.54) is 35.2 Å². The van der Waals surface area contributed by atoms with E-state index in [2.05, 4.69) is 5.32 Å². The molecular weight excluding hydrogens is 382 g/mol. The molecule has 1 fully saturated rings. The first kappa shape index (κ1) is 19.7. The summed E-state index contributed by atoms with van der Waals surface area (Å²) in [5, 5.41) is 24.5. The van der Waals surface area contributed by atoms with E-state index in [4.69, 9.17) is 0 Å². The Morgan fingerprint density at radius 3 is 2.19 bits per heavy atom. The normalized spacial score (nSPS) is 15.9. The molecule has 1 aromatic heterocycles. The van der Waals surface area contributed by atoms with Gasteiger partial charge < -0.3 is 17.7 Å². The van der Waals surface area contributed by atoms with Gasteiger partial charge in [-0.15, -0.1) is 0 Å². The van der Waals surface area contributed by atoms with Gasteiger partial charge in [0.25, 0.3) is 17.3 Å². The van der Waals surface area contributed by atoms with E-state index in [9.17, 15) is 29.8 Å². The van der Waals surface area contributed by atoms with Gasteiger partial charge in [0, 0.05) is 24.3 Å². The highest BCUT2D eigenvalue weighted by atomic mass is 35.5. The lowest BCUT2D eigenvalue weighted by Gasteiger charge is -2.11. The Labute approximate surface area is 157 Å². The Morgan fingerprint density at radius 1 is 1.07 bits per heavy atom. The predicted octanol–water partition coefficient (Wildman–Crippen LogP) is -1.77. The summed E-state index contributed by atoms with van der Waals surface area (Å²) in [6, 6.07) is 4.98. The van der Waals surface area contributed by atoms with Gasteiger partial charge in [-0.3, -0.25) is 25.0 Å². The number of non-ortho nitro benzene ring substituents is 1. The molecular formula is C15H12ClN5O6. The second-order valence-corrected chi connectivity index (χ2v) is 5.50. The van der Waals surface area contributed by atoms with Crippen LogP contribution in [0.1, 0.15) is 6.92 Å². The molecule has 0 saturated carbocycles. The Balaban J connectivity index is 0.00000261. The minimum absolute atomic E-state index is 0. The highest BCUT2D eigenvalue weighted by Crippen LogP contribution is 2.25. The number of anilines is 1. The smallest absolute Gasteiger partial charge is 0.347 e. The number of hydrogen-bond acceptors (Lipinski definition) is 6. The fourth-order valence-corrected chi connectivity index (χ4v) is 2.57. The van der Waals surface area contributed by atoms with Gasteiger partial charge in [0.2, 0.25) is 0 Å². The van der Waals surface area contributed by atoms with Crippen LogP contribution in [0.4, 0.5) is 21.9 Å². The van der Waals surface area contributed by atoms with Crippen LogP contribution in [0.25, 0.3) is 5.69 Å². The van der Waals surface area contributed by atoms with Crippen molar-refractivity contribution in [3.05, 3.63) is 63.0 Å². The molecule has 0 bridgehead atoms. The van der Waals surface area contributed by atoms with E-state index >= 15 is 0 Å². The van der Waals surface area contributed by atoms with E-state index in [1.807, 2.05) is 0 Å². The Kier molecular flexibility index (Phi) is 5.36. The van der Waals surface area contributed by atoms with Crippen molar-refractivity contribution in [1.82, 2.24) is 5.32 Å². The number of carbonyl (C=O) groups is 2. The molecule has 1 atom stereocenters. The van der Waals surface area contributed by atoms with Crippen LogP contribution in [0, 0.1) is 20.2 Å². The third kappa shape index (κ3) is 3.53. The van der Waals surface area contributed by atoms with E-state index in [0.29, 0.717) is 5.69 Å². The van der Waals surface area contributed by atoms with Crippen molar-refractivity contribution in [3.8, 4) is 5.69 Å². The number of nitro benzene ring substituents is 2. The van der Waals surface area contributed by atoms with Crippen molar-refractivity contribution < 1.29 is 36.4 Å². The second-order valence-electron chi connectivity index (χ2n) is 5.50. The molecule has 1 aliphatic rings. The fraction of sp³-hybridized carbons (Fsp3) is 0.133. The quantitative estimate of drug-likeness (QED) is 0.282. The number of hydrogen-bond donors (Lipinski definition) is 1. The molecule has 1 saturated heterocycles. The first-order valence-corrected chi connectivity index (χ1v) is 7.38. The monoisotopic (exact) mass is 393 g/mol. The van der Waals surface area contributed by atoms with Gasteiger partial charge >= 0.3 is 11.7 Å². The van der Waals surface area contributed by atoms with Gasteiger partial charge in [-0.25, -0.2) is 9.69 Å². The average molecular weight is 394 g/mol. The topological polar surface area (TPSA) is 140 Å². The van der Waals surface area contributed by atoms with Crippen LogP contribution in [0.3, 0.4) is 0 Å². The molecule has 12 heteroatoms. The van der Waals surface area contributed by atoms with Crippen molar-refractivity contribution in [2.45, 2.75) is 13.0 Å². The van der Waals surface area contributed by atoms with Crippen molar-refractivity contribution in [1.29, 1.82) is 0 Å². The molecule has 1 aromatic carbocycles. The summed E-state index contributed by atoms with van der Waals surface area (Å²) in [5.74, 6) is -0.408. The lowest BCUT2D eigenvalue weighted by atomic mass is 10.2. The molecule has 27 heavy (non-hydrogen) atoms. The molecule has 0 radical (unpaired) electrons. The molecule has 11 nitrogen and oxygen atoms in total. The maximum Gasteiger partial charge on any atom is 0.347 e. The molecule has 1 N–H and O–H groups in total. The van der Waals surface area contributed by atoms with Crippen LogP contribution < -0.4 is 27.2 Å². The molecule has 3 rings (SSSR count). The largest absolute Gasteiger partial charge is 1.00 e. The number of urea groups is 1. The van der Waals surface area contributed by atoms with Crippen LogP contribution in [-0.2, 0) is 4.79 Å². The van der Waals surface area contributed by atoms with Gasteiger partial charge in [-0.2, -0.15) is 4.57 Å². The zero-order valence-corrected chi connectivity index (χ0v) is 14.5. The lowest BCUT2D eigenvalue weighted by Crippen LogP contribution is -3.00. The number of benzene rings is 1. The summed E-state index contributed by atoms with van der Waals surface area (Å²) in [5.41, 5.74) is -0.429. The fourth-order valence-electron chi connectivity index (χ4n) is 2.57. The van der Waals surface area contributed by atoms with Gasteiger partial charge in [0.05, 0.1) is 15.5 Å². The van der Waals surface area contributed by atoms with Crippen molar-refractivity contribution in [2.75, 3.05) is 4.90 Å². The summed E-state index contributed by atoms with van der Waals surface area (Å²) < 4.78 is 1.37. The predicted molar refractivity (Wildman–Crippen MR) is 86.8 cm³/mol. The zero-order chi connectivity index (χ0) is 19.0. The molecule has 2 aromatic rings.